The van der Waals surface area contributed by atoms with E-state index in [9.17, 15) is 24.5 Å². The van der Waals surface area contributed by atoms with Gasteiger partial charge in [-0.25, -0.2) is 0 Å². The van der Waals surface area contributed by atoms with Crippen LogP contribution in [-0.2, 0) is 4.79 Å². The molecule has 36 heavy (non-hydrogen) atoms. The van der Waals surface area contributed by atoms with Gasteiger partial charge < -0.3 is 9.64 Å². The van der Waals surface area contributed by atoms with Crippen molar-refractivity contribution in [2.75, 3.05) is 12.0 Å². The summed E-state index contributed by atoms with van der Waals surface area (Å²) in [6.45, 7) is 1.83. The number of methoxy groups -OCH3 is 1. The average Bonchev–Trinajstić information content (AvgIpc) is 3.09. The topological polar surface area (TPSA) is 110 Å². The van der Waals surface area contributed by atoms with Crippen molar-refractivity contribution in [1.29, 1.82) is 0 Å². The Kier molecular flexibility index (Phi) is 5.80. The van der Waals surface area contributed by atoms with Crippen LogP contribution in [0.2, 0.25) is 5.02 Å². The number of carbonyl (C=O) groups is 3. The van der Waals surface area contributed by atoms with Crippen LogP contribution in [0.15, 0.2) is 59.1 Å². The molecule has 0 spiro atoms. The van der Waals surface area contributed by atoms with Gasteiger partial charge in [-0.3, -0.25) is 29.4 Å². The van der Waals surface area contributed by atoms with Crippen LogP contribution in [0.4, 0.5) is 11.4 Å². The minimum atomic E-state index is -1.25. The van der Waals surface area contributed by atoms with Crippen LogP contribution in [0.5, 0.6) is 5.75 Å². The van der Waals surface area contributed by atoms with Crippen molar-refractivity contribution in [3.05, 3.63) is 96.5 Å². The number of hydrogen-bond acceptors (Lipinski definition) is 6. The van der Waals surface area contributed by atoms with Crippen molar-refractivity contribution in [2.45, 2.75) is 19.0 Å². The molecule has 2 aliphatic rings. The minimum Gasteiger partial charge on any atom is -0.496 e. The van der Waals surface area contributed by atoms with Crippen molar-refractivity contribution >= 4 is 56.6 Å². The number of nitro groups is 1. The highest BCUT2D eigenvalue weighted by Gasteiger charge is 2.59. The molecule has 0 bridgehead atoms. The Labute approximate surface area is 218 Å². The molecule has 0 unspecified atom stereocenters. The summed E-state index contributed by atoms with van der Waals surface area (Å²) in [7, 11) is 1.47. The van der Waals surface area contributed by atoms with E-state index in [1.165, 1.54) is 24.1 Å². The van der Waals surface area contributed by atoms with Gasteiger partial charge in [0.1, 0.15) is 17.4 Å². The third-order valence-corrected chi connectivity index (χ3v) is 7.31. The van der Waals surface area contributed by atoms with Crippen molar-refractivity contribution in [1.82, 2.24) is 4.90 Å². The van der Waals surface area contributed by atoms with Gasteiger partial charge >= 0.3 is 0 Å². The lowest BCUT2D eigenvalue weighted by Crippen LogP contribution is -2.67. The first-order chi connectivity index (χ1) is 17.1. The van der Waals surface area contributed by atoms with E-state index in [0.29, 0.717) is 26.5 Å². The number of rotatable bonds is 5. The fourth-order valence-corrected chi connectivity index (χ4v) is 5.23. The molecule has 2 heterocycles. The van der Waals surface area contributed by atoms with E-state index >= 15 is 0 Å². The number of halogens is 2. The van der Waals surface area contributed by atoms with Gasteiger partial charge in [-0.2, -0.15) is 0 Å². The smallest absolute Gasteiger partial charge is 0.282 e. The molecule has 0 saturated carbocycles. The van der Waals surface area contributed by atoms with Gasteiger partial charge in [0, 0.05) is 26.8 Å². The van der Waals surface area contributed by atoms with Gasteiger partial charge in [0.25, 0.3) is 23.4 Å². The summed E-state index contributed by atoms with van der Waals surface area (Å²) in [5.74, 6) is -1.75. The molecule has 2 atom stereocenters. The van der Waals surface area contributed by atoms with Gasteiger partial charge in [-0.1, -0.05) is 39.7 Å². The van der Waals surface area contributed by atoms with Crippen LogP contribution in [0.3, 0.4) is 0 Å². The fourth-order valence-electron chi connectivity index (χ4n) is 4.68. The van der Waals surface area contributed by atoms with Crippen LogP contribution in [0.1, 0.15) is 37.9 Å². The molecule has 0 N–H and O–H groups in total. The molecule has 11 heteroatoms. The first-order valence-corrected chi connectivity index (χ1v) is 11.9. The highest BCUT2D eigenvalue weighted by molar-refractivity contribution is 9.10. The number of fused-ring (bicyclic) bond motifs is 1. The molecule has 0 aliphatic carbocycles. The highest BCUT2D eigenvalue weighted by Crippen LogP contribution is 2.48. The van der Waals surface area contributed by atoms with Gasteiger partial charge in [-0.05, 0) is 48.9 Å². The van der Waals surface area contributed by atoms with Gasteiger partial charge in [-0.15, -0.1) is 0 Å². The van der Waals surface area contributed by atoms with E-state index in [1.807, 2.05) is 6.92 Å². The molecule has 1 saturated heterocycles. The van der Waals surface area contributed by atoms with Crippen molar-refractivity contribution < 1.29 is 24.0 Å². The van der Waals surface area contributed by atoms with Crippen LogP contribution < -0.4 is 9.64 Å². The number of β-lactam (4-membered cyclic amide) rings is 1. The number of ether oxygens (including phenoxy) is 1. The monoisotopic (exact) mass is 569 g/mol. The van der Waals surface area contributed by atoms with E-state index in [1.54, 1.807) is 36.4 Å². The normalized spacial score (nSPS) is 18.8. The van der Waals surface area contributed by atoms with E-state index < -0.39 is 40.4 Å². The number of aryl methyl sites for hydroxylation is 1. The maximum Gasteiger partial charge on any atom is 0.282 e. The van der Waals surface area contributed by atoms with Crippen LogP contribution in [-0.4, -0.2) is 40.7 Å². The maximum atomic E-state index is 13.6. The number of carbonyl (C=O) groups excluding carboxylic acids is 3. The quantitative estimate of drug-likeness (QED) is 0.183. The maximum absolute atomic E-state index is 13.6. The number of imide groups is 1. The van der Waals surface area contributed by atoms with E-state index in [-0.39, 0.29) is 11.1 Å². The summed E-state index contributed by atoms with van der Waals surface area (Å²) in [6, 6.07) is 12.1. The molecular formula is C25H17BrClN3O6. The first-order valence-electron chi connectivity index (χ1n) is 10.7. The zero-order chi connectivity index (χ0) is 25.9. The predicted octanol–water partition coefficient (Wildman–Crippen LogP) is 5.08. The Morgan fingerprint density at radius 1 is 1.00 bits per heavy atom. The molecule has 5 rings (SSSR count). The molecule has 9 nitrogen and oxygen atoms in total. The zero-order valence-electron chi connectivity index (χ0n) is 18.9. The number of nitrogens with zero attached hydrogens (tertiary/aromatic N) is 3. The number of anilines is 1. The van der Waals surface area contributed by atoms with E-state index in [0.717, 1.165) is 16.5 Å². The lowest BCUT2D eigenvalue weighted by atomic mass is 9.85. The Hall–Kier alpha value is -3.76. The van der Waals surface area contributed by atoms with Crippen LogP contribution in [0.25, 0.3) is 0 Å². The van der Waals surface area contributed by atoms with E-state index in [2.05, 4.69) is 15.9 Å². The predicted molar refractivity (Wildman–Crippen MR) is 134 cm³/mol. The van der Waals surface area contributed by atoms with Gasteiger partial charge in [0.05, 0.1) is 23.6 Å². The molecular weight excluding hydrogens is 554 g/mol. The number of amides is 3. The summed E-state index contributed by atoms with van der Waals surface area (Å²) in [5, 5.41) is 12.0. The Morgan fingerprint density at radius 3 is 2.42 bits per heavy atom. The minimum absolute atomic E-state index is 0.112. The molecule has 2 aliphatic heterocycles. The fraction of sp³-hybridized carbons (Fsp3) is 0.160. The Balaban J connectivity index is 1.66. The highest BCUT2D eigenvalue weighted by atomic mass is 79.9. The summed E-state index contributed by atoms with van der Waals surface area (Å²) in [4.78, 5) is 53.5. The Morgan fingerprint density at radius 2 is 1.75 bits per heavy atom. The molecule has 0 aromatic heterocycles. The zero-order valence-corrected chi connectivity index (χ0v) is 21.2. The molecule has 0 radical (unpaired) electrons. The lowest BCUT2D eigenvalue weighted by molar-refractivity contribution is -0.385. The SMILES string of the molecule is COc1ccc(Br)cc1[C@H]1[C@@H](N2C(=O)c3cccc([N+](=O)[O-])c3C2=O)C(=O)N1c1ccc(C)c(Cl)c1. The average molecular weight is 571 g/mol. The van der Waals surface area contributed by atoms with Crippen molar-refractivity contribution in [2.24, 2.45) is 0 Å². The summed E-state index contributed by atoms with van der Waals surface area (Å²) in [6.07, 6.45) is 0. The van der Waals surface area contributed by atoms with E-state index in [4.69, 9.17) is 16.3 Å². The van der Waals surface area contributed by atoms with Gasteiger partial charge in [0.15, 0.2) is 0 Å². The summed E-state index contributed by atoms with van der Waals surface area (Å²) in [5.41, 5.74) is 0.907. The third-order valence-electron chi connectivity index (χ3n) is 6.41. The first kappa shape index (κ1) is 24.0. The number of nitro benzene ring substituents is 1. The van der Waals surface area contributed by atoms with Gasteiger partial charge in [0.2, 0.25) is 0 Å². The molecule has 1 fully saturated rings. The molecule has 182 valence electrons. The largest absolute Gasteiger partial charge is 0.496 e. The number of benzene rings is 3. The molecule has 3 aromatic carbocycles. The second-order valence-electron chi connectivity index (χ2n) is 8.35. The van der Waals surface area contributed by atoms with Crippen LogP contribution in [0, 0.1) is 17.0 Å². The summed E-state index contributed by atoms with van der Waals surface area (Å²) >= 11 is 9.76. The number of hydrogen-bond donors (Lipinski definition) is 0. The molecule has 3 aromatic rings. The standard InChI is InChI=1S/C25H17BrClN3O6/c1-12-6-8-14(11-17(12)27)28-21(16-10-13(26)7-9-19(16)36-2)22(25(28)33)29-23(31)15-4-3-5-18(30(34)35)20(15)24(29)32/h3-11,21-22H,1-2H3/t21-,22+/m0/s1. The lowest BCUT2D eigenvalue weighted by Gasteiger charge is -2.50. The second kappa shape index (κ2) is 8.72. The Bertz CT molecular complexity index is 1490. The third kappa shape index (κ3) is 3.48. The molecule has 3 amide bonds. The van der Waals surface area contributed by atoms with Crippen molar-refractivity contribution in [3.8, 4) is 5.75 Å². The summed E-state index contributed by atoms with van der Waals surface area (Å²) < 4.78 is 6.22. The second-order valence-corrected chi connectivity index (χ2v) is 9.68. The van der Waals surface area contributed by atoms with Crippen molar-refractivity contribution in [3.63, 3.8) is 0 Å². The van der Waals surface area contributed by atoms with Crippen LogP contribution >= 0.6 is 27.5 Å².